The minimum atomic E-state index is 0.893. The Kier molecular flexibility index (Phi) is 9.46. The number of morpholine rings is 2. The van der Waals surface area contributed by atoms with E-state index in [1.165, 1.54) is 49.9 Å². The molecule has 4 rings (SSSR count). The fourth-order valence-corrected chi connectivity index (χ4v) is 4.51. The van der Waals surface area contributed by atoms with Gasteiger partial charge < -0.3 is 9.47 Å². The molecule has 0 atom stereocenters. The molecule has 2 saturated heterocycles. The van der Waals surface area contributed by atoms with Gasteiger partial charge in [0.1, 0.15) is 13.1 Å². The molecule has 2 fully saturated rings. The molecule has 32 heavy (non-hydrogen) atoms. The monoisotopic (exact) mass is 440 g/mol. The second-order valence-corrected chi connectivity index (χ2v) is 8.97. The van der Waals surface area contributed by atoms with Crippen LogP contribution in [-0.4, -0.2) is 75.5 Å². The van der Waals surface area contributed by atoms with Crippen LogP contribution in [0.5, 0.6) is 0 Å². The average molecular weight is 441 g/mol. The molecule has 0 spiro atoms. The zero-order chi connectivity index (χ0) is 21.8. The third kappa shape index (κ3) is 7.62. The number of hydrogen-bond donors (Lipinski definition) is 0. The highest BCUT2D eigenvalue weighted by Crippen LogP contribution is 2.15. The molecule has 6 heteroatoms. The van der Waals surface area contributed by atoms with Crippen LogP contribution in [0.25, 0.3) is 11.1 Å². The lowest BCUT2D eigenvalue weighted by Gasteiger charge is -2.26. The normalized spacial score (nSPS) is 18.1. The molecule has 2 aliphatic rings. The van der Waals surface area contributed by atoms with Crippen molar-refractivity contribution in [3.05, 3.63) is 49.1 Å². The van der Waals surface area contributed by atoms with Crippen LogP contribution in [0.1, 0.15) is 25.7 Å². The zero-order valence-electron chi connectivity index (χ0n) is 19.5. The largest absolute Gasteiger partial charge is 0.379 e. The van der Waals surface area contributed by atoms with Gasteiger partial charge >= 0.3 is 0 Å². The van der Waals surface area contributed by atoms with Crippen LogP contribution in [0.3, 0.4) is 0 Å². The summed E-state index contributed by atoms with van der Waals surface area (Å²) < 4.78 is 15.5. The van der Waals surface area contributed by atoms with Gasteiger partial charge in [0.2, 0.25) is 0 Å². The summed E-state index contributed by atoms with van der Waals surface area (Å²) in [7, 11) is 0. The van der Waals surface area contributed by atoms with Gasteiger partial charge in [-0.05, 0) is 37.1 Å². The van der Waals surface area contributed by atoms with Crippen LogP contribution in [-0.2, 0) is 22.6 Å². The van der Waals surface area contributed by atoms with Crippen LogP contribution in [0.15, 0.2) is 49.1 Å². The van der Waals surface area contributed by atoms with E-state index in [1.54, 1.807) is 0 Å². The lowest BCUT2D eigenvalue weighted by Crippen LogP contribution is -2.37. The van der Waals surface area contributed by atoms with E-state index in [1.807, 2.05) is 0 Å². The second kappa shape index (κ2) is 13.0. The molecule has 2 aromatic rings. The molecular formula is C26H40N4O2+2. The molecule has 174 valence electrons. The van der Waals surface area contributed by atoms with Gasteiger partial charge in [0.15, 0.2) is 24.8 Å². The Bertz CT molecular complexity index is 702. The first-order valence-corrected chi connectivity index (χ1v) is 12.5. The maximum Gasteiger partial charge on any atom is 0.169 e. The van der Waals surface area contributed by atoms with Gasteiger partial charge in [0.25, 0.3) is 0 Å². The maximum atomic E-state index is 5.42. The summed E-state index contributed by atoms with van der Waals surface area (Å²) in [4.78, 5) is 5.03. The topological polar surface area (TPSA) is 32.7 Å². The number of hydrogen-bond acceptors (Lipinski definition) is 4. The van der Waals surface area contributed by atoms with Crippen LogP contribution < -0.4 is 9.13 Å². The van der Waals surface area contributed by atoms with Gasteiger partial charge in [-0.25, -0.2) is 9.13 Å². The predicted molar refractivity (Wildman–Crippen MR) is 125 cm³/mol. The highest BCUT2D eigenvalue weighted by Gasteiger charge is 2.11. The molecule has 2 aliphatic heterocycles. The van der Waals surface area contributed by atoms with Crippen molar-refractivity contribution in [3.63, 3.8) is 0 Å². The number of rotatable bonds is 11. The van der Waals surface area contributed by atoms with Crippen molar-refractivity contribution in [1.82, 2.24) is 9.80 Å². The molecule has 0 radical (unpaired) electrons. The Hall–Kier alpha value is -1.86. The van der Waals surface area contributed by atoms with Gasteiger partial charge in [-0.3, -0.25) is 9.80 Å². The fourth-order valence-electron chi connectivity index (χ4n) is 4.51. The Morgan fingerprint density at radius 3 is 1.31 bits per heavy atom. The molecule has 4 heterocycles. The van der Waals surface area contributed by atoms with Crippen LogP contribution in [0.2, 0.25) is 0 Å². The Morgan fingerprint density at radius 2 is 0.938 bits per heavy atom. The van der Waals surface area contributed by atoms with Crippen molar-refractivity contribution in [2.45, 2.75) is 38.8 Å². The van der Waals surface area contributed by atoms with Gasteiger partial charge in [-0.2, -0.15) is 0 Å². The van der Waals surface area contributed by atoms with Crippen LogP contribution in [0, 0.1) is 0 Å². The number of unbranched alkanes of at least 4 members (excludes halogenated alkanes) is 2. The Balaban J connectivity index is 1.15. The summed E-state index contributed by atoms with van der Waals surface area (Å²) in [6.07, 6.45) is 13.8. The van der Waals surface area contributed by atoms with E-state index >= 15 is 0 Å². The number of aromatic nitrogens is 2. The predicted octanol–water partition coefficient (Wildman–Crippen LogP) is 2.15. The first-order chi connectivity index (χ1) is 15.9. The third-order valence-electron chi connectivity index (χ3n) is 6.60. The fraction of sp³-hybridized carbons (Fsp3) is 0.615. The van der Waals surface area contributed by atoms with Gasteiger partial charge in [0.05, 0.1) is 26.4 Å². The molecular weight excluding hydrogens is 400 g/mol. The van der Waals surface area contributed by atoms with E-state index in [4.69, 9.17) is 9.47 Å². The Morgan fingerprint density at radius 1 is 0.562 bits per heavy atom. The summed E-state index contributed by atoms with van der Waals surface area (Å²) in [5.74, 6) is 0. The van der Waals surface area contributed by atoms with E-state index in [-0.39, 0.29) is 0 Å². The number of aryl methyl sites for hydroxylation is 2. The number of nitrogens with zero attached hydrogens (tertiary/aromatic N) is 4. The molecule has 0 amide bonds. The van der Waals surface area contributed by atoms with Crippen molar-refractivity contribution < 1.29 is 18.6 Å². The van der Waals surface area contributed by atoms with Gasteiger partial charge in [0, 0.05) is 63.3 Å². The molecule has 0 saturated carbocycles. The summed E-state index contributed by atoms with van der Waals surface area (Å²) in [5.41, 5.74) is 2.57. The molecule has 0 N–H and O–H groups in total. The molecule has 2 aromatic heterocycles. The first-order valence-electron chi connectivity index (χ1n) is 12.5. The van der Waals surface area contributed by atoms with Crippen LogP contribution in [0.4, 0.5) is 0 Å². The summed E-state index contributed by atoms with van der Waals surface area (Å²) >= 11 is 0. The van der Waals surface area contributed by atoms with Crippen molar-refractivity contribution in [1.29, 1.82) is 0 Å². The molecule has 0 aromatic carbocycles. The smallest absolute Gasteiger partial charge is 0.169 e. The second-order valence-electron chi connectivity index (χ2n) is 8.97. The van der Waals surface area contributed by atoms with Crippen molar-refractivity contribution in [2.75, 3.05) is 65.7 Å². The standard InChI is InChI=1S/C26H40N4O2/c1(3-11-29-17-21-31-22-18-29)9-27-13-5-25(6-14-27)26-7-15-28(16-8-26)10-2-4-12-30-19-23-32-24-20-30/h5-8,13-16H,1-4,9-12,17-24H2/q+2. The minimum absolute atomic E-state index is 0.893. The van der Waals surface area contributed by atoms with E-state index in [2.05, 4.69) is 68.0 Å². The summed E-state index contributed by atoms with van der Waals surface area (Å²) in [5, 5.41) is 0. The summed E-state index contributed by atoms with van der Waals surface area (Å²) in [6.45, 7) is 12.5. The molecule has 0 aliphatic carbocycles. The van der Waals surface area contributed by atoms with E-state index in [0.717, 1.165) is 65.7 Å². The molecule has 0 bridgehead atoms. The van der Waals surface area contributed by atoms with E-state index in [9.17, 15) is 0 Å². The SMILES string of the molecule is c1c[n+](CCCCN2CCOCC2)ccc1-c1cc[n+](CCCCN2CCOCC2)cc1. The summed E-state index contributed by atoms with van der Waals surface area (Å²) in [6, 6.07) is 8.96. The van der Waals surface area contributed by atoms with Crippen LogP contribution >= 0.6 is 0 Å². The highest BCUT2D eigenvalue weighted by molar-refractivity contribution is 5.60. The number of ether oxygens (including phenoxy) is 2. The number of pyridine rings is 2. The highest BCUT2D eigenvalue weighted by atomic mass is 16.5. The molecule has 0 unspecified atom stereocenters. The van der Waals surface area contributed by atoms with Crippen molar-refractivity contribution >= 4 is 0 Å². The maximum absolute atomic E-state index is 5.42. The first kappa shape index (κ1) is 23.3. The van der Waals surface area contributed by atoms with Crippen molar-refractivity contribution in [2.24, 2.45) is 0 Å². The van der Waals surface area contributed by atoms with E-state index in [0.29, 0.717) is 0 Å². The quantitative estimate of drug-likeness (QED) is 0.396. The van der Waals surface area contributed by atoms with E-state index < -0.39 is 0 Å². The lowest BCUT2D eigenvalue weighted by atomic mass is 10.1. The van der Waals surface area contributed by atoms with Crippen molar-refractivity contribution in [3.8, 4) is 11.1 Å². The average Bonchev–Trinajstić information content (AvgIpc) is 2.87. The minimum Gasteiger partial charge on any atom is -0.379 e. The zero-order valence-corrected chi connectivity index (χ0v) is 19.5. The third-order valence-corrected chi connectivity index (χ3v) is 6.60. The van der Waals surface area contributed by atoms with Gasteiger partial charge in [-0.1, -0.05) is 0 Å². The Labute approximate surface area is 193 Å². The van der Waals surface area contributed by atoms with Gasteiger partial charge in [-0.15, -0.1) is 0 Å². The molecule has 6 nitrogen and oxygen atoms in total. The lowest BCUT2D eigenvalue weighted by molar-refractivity contribution is -0.697.